The average molecular weight is 322 g/mol. The number of benzene rings is 2. The topological polar surface area (TPSA) is 55.6 Å². The zero-order valence-corrected chi connectivity index (χ0v) is 13.8. The zero-order valence-electron chi connectivity index (χ0n) is 13.8. The van der Waals surface area contributed by atoms with Crippen LogP contribution in [-0.4, -0.2) is 19.0 Å². The van der Waals surface area contributed by atoms with Crippen molar-refractivity contribution in [3.63, 3.8) is 0 Å². The highest BCUT2D eigenvalue weighted by Gasteiger charge is 2.25. The van der Waals surface area contributed by atoms with Crippen LogP contribution in [0.4, 0.5) is 5.69 Å². The molecular weight excluding hydrogens is 300 g/mol. The highest BCUT2D eigenvalue weighted by Crippen LogP contribution is 2.37. The second kappa shape index (κ2) is 6.19. The number of rotatable bonds is 4. The molecule has 2 aliphatic rings. The number of aryl methyl sites for hydroxylation is 1. The summed E-state index contributed by atoms with van der Waals surface area (Å²) < 4.78 is 5.95. The van der Waals surface area contributed by atoms with Gasteiger partial charge in [0.1, 0.15) is 12.4 Å². The highest BCUT2D eigenvalue weighted by atomic mass is 16.5. The molecule has 2 N–H and O–H groups in total. The lowest BCUT2D eigenvalue weighted by atomic mass is 9.89. The molecule has 124 valence electrons. The Bertz CT molecular complexity index is 766. The number of primary amides is 1. The number of anilines is 1. The second-order valence-corrected chi connectivity index (χ2v) is 6.58. The van der Waals surface area contributed by atoms with Crippen molar-refractivity contribution >= 4 is 11.6 Å². The molecule has 0 fully saturated rings. The van der Waals surface area contributed by atoms with Gasteiger partial charge in [0.2, 0.25) is 5.91 Å². The molecule has 0 aliphatic carbocycles. The lowest BCUT2D eigenvalue weighted by Gasteiger charge is -2.37. The molecule has 24 heavy (non-hydrogen) atoms. The van der Waals surface area contributed by atoms with E-state index in [2.05, 4.69) is 17.0 Å². The van der Waals surface area contributed by atoms with Gasteiger partial charge in [-0.05, 0) is 66.6 Å². The minimum atomic E-state index is -0.416. The van der Waals surface area contributed by atoms with Crippen LogP contribution in [0.2, 0.25) is 0 Å². The Labute approximate surface area is 142 Å². The van der Waals surface area contributed by atoms with E-state index in [4.69, 9.17) is 10.5 Å². The number of nitrogens with two attached hydrogens (primary N) is 1. The van der Waals surface area contributed by atoms with Crippen LogP contribution in [0, 0.1) is 0 Å². The smallest absolute Gasteiger partial charge is 0.248 e. The third-order valence-corrected chi connectivity index (χ3v) is 5.04. The molecule has 0 atom stereocenters. The molecule has 2 aliphatic heterocycles. The SMILES string of the molecule is NC(=O)c1ccc(OCc2ccc3c4c2CCCN4CCC3)cc1. The van der Waals surface area contributed by atoms with Gasteiger partial charge in [-0.15, -0.1) is 0 Å². The summed E-state index contributed by atoms with van der Waals surface area (Å²) in [6.45, 7) is 2.92. The summed E-state index contributed by atoms with van der Waals surface area (Å²) >= 11 is 0. The molecule has 4 heteroatoms. The summed E-state index contributed by atoms with van der Waals surface area (Å²) in [6, 6.07) is 11.5. The molecular formula is C20H22N2O2. The van der Waals surface area contributed by atoms with E-state index in [0.29, 0.717) is 12.2 Å². The van der Waals surface area contributed by atoms with Gasteiger partial charge in [0, 0.05) is 24.3 Å². The predicted molar refractivity (Wildman–Crippen MR) is 94.6 cm³/mol. The Morgan fingerprint density at radius 1 is 1.04 bits per heavy atom. The third kappa shape index (κ3) is 2.73. The number of ether oxygens (including phenoxy) is 1. The fourth-order valence-corrected chi connectivity index (χ4v) is 3.86. The van der Waals surface area contributed by atoms with E-state index in [9.17, 15) is 4.79 Å². The molecule has 2 heterocycles. The Hall–Kier alpha value is -2.49. The number of hydrogen-bond donors (Lipinski definition) is 1. The molecule has 2 aromatic carbocycles. The van der Waals surface area contributed by atoms with E-state index in [1.54, 1.807) is 24.3 Å². The maximum absolute atomic E-state index is 11.1. The molecule has 1 amide bonds. The van der Waals surface area contributed by atoms with Gasteiger partial charge in [0.15, 0.2) is 0 Å². The zero-order chi connectivity index (χ0) is 16.5. The summed E-state index contributed by atoms with van der Waals surface area (Å²) in [5, 5.41) is 0. The van der Waals surface area contributed by atoms with Gasteiger partial charge in [0.05, 0.1) is 0 Å². The van der Waals surface area contributed by atoms with Crippen LogP contribution < -0.4 is 15.4 Å². The Morgan fingerprint density at radius 2 is 1.79 bits per heavy atom. The molecule has 0 radical (unpaired) electrons. The van der Waals surface area contributed by atoms with Gasteiger partial charge in [-0.25, -0.2) is 0 Å². The molecule has 4 nitrogen and oxygen atoms in total. The van der Waals surface area contributed by atoms with Crippen LogP contribution in [0.1, 0.15) is 39.9 Å². The van der Waals surface area contributed by atoms with E-state index in [1.807, 2.05) is 0 Å². The number of carbonyl (C=O) groups is 1. The maximum atomic E-state index is 11.1. The van der Waals surface area contributed by atoms with Crippen molar-refractivity contribution in [3.05, 3.63) is 58.7 Å². The van der Waals surface area contributed by atoms with E-state index in [0.717, 1.165) is 12.2 Å². The van der Waals surface area contributed by atoms with Crippen molar-refractivity contribution in [2.75, 3.05) is 18.0 Å². The first-order valence-electron chi connectivity index (χ1n) is 8.63. The Morgan fingerprint density at radius 3 is 2.54 bits per heavy atom. The number of amides is 1. The number of carbonyl (C=O) groups excluding carboxylic acids is 1. The van der Waals surface area contributed by atoms with Crippen LogP contribution in [0.5, 0.6) is 5.75 Å². The van der Waals surface area contributed by atoms with Gasteiger partial charge in [-0.2, -0.15) is 0 Å². The van der Waals surface area contributed by atoms with Gasteiger partial charge in [-0.1, -0.05) is 12.1 Å². The van der Waals surface area contributed by atoms with Gasteiger partial charge in [-0.3, -0.25) is 4.79 Å². The Kier molecular flexibility index (Phi) is 3.89. The molecule has 2 aromatic rings. The van der Waals surface area contributed by atoms with Crippen LogP contribution >= 0.6 is 0 Å². The van der Waals surface area contributed by atoms with Crippen molar-refractivity contribution in [3.8, 4) is 5.75 Å². The van der Waals surface area contributed by atoms with Gasteiger partial charge >= 0.3 is 0 Å². The maximum Gasteiger partial charge on any atom is 0.248 e. The van der Waals surface area contributed by atoms with Gasteiger partial charge < -0.3 is 15.4 Å². The lowest BCUT2D eigenvalue weighted by Crippen LogP contribution is -2.35. The summed E-state index contributed by atoms with van der Waals surface area (Å²) in [7, 11) is 0. The standard InChI is InChI=1S/C20H22N2O2/c21-20(23)15-7-9-17(10-8-15)24-13-16-6-5-14-3-1-11-22-12-2-4-18(16)19(14)22/h5-10H,1-4,11-13H2,(H2,21,23). The van der Waals surface area contributed by atoms with Crippen molar-refractivity contribution in [1.29, 1.82) is 0 Å². The largest absolute Gasteiger partial charge is 0.489 e. The molecule has 0 spiro atoms. The highest BCUT2D eigenvalue weighted by molar-refractivity contribution is 5.92. The van der Waals surface area contributed by atoms with Crippen LogP contribution in [-0.2, 0) is 19.4 Å². The van der Waals surface area contributed by atoms with Crippen LogP contribution in [0.15, 0.2) is 36.4 Å². The molecule has 0 bridgehead atoms. The predicted octanol–water partition coefficient (Wildman–Crippen LogP) is 3.06. The van der Waals surface area contributed by atoms with Crippen molar-refractivity contribution in [1.82, 2.24) is 0 Å². The molecule has 0 unspecified atom stereocenters. The van der Waals surface area contributed by atoms with Crippen molar-refractivity contribution in [2.24, 2.45) is 5.73 Å². The van der Waals surface area contributed by atoms with E-state index < -0.39 is 5.91 Å². The van der Waals surface area contributed by atoms with E-state index >= 15 is 0 Å². The normalized spacial score (nSPS) is 15.8. The minimum Gasteiger partial charge on any atom is -0.489 e. The summed E-state index contributed by atoms with van der Waals surface area (Å²) in [5.41, 5.74) is 11.5. The van der Waals surface area contributed by atoms with Gasteiger partial charge in [0.25, 0.3) is 0 Å². The molecule has 4 rings (SSSR count). The van der Waals surface area contributed by atoms with E-state index in [-0.39, 0.29) is 0 Å². The van der Waals surface area contributed by atoms with Crippen molar-refractivity contribution < 1.29 is 9.53 Å². The first-order valence-corrected chi connectivity index (χ1v) is 8.63. The van der Waals surface area contributed by atoms with Crippen LogP contribution in [0.25, 0.3) is 0 Å². The Balaban J connectivity index is 1.55. The fourth-order valence-electron chi connectivity index (χ4n) is 3.86. The molecule has 0 saturated carbocycles. The second-order valence-electron chi connectivity index (χ2n) is 6.58. The molecule has 0 saturated heterocycles. The minimum absolute atomic E-state index is 0.416. The summed E-state index contributed by atoms with van der Waals surface area (Å²) in [5.74, 6) is 0.346. The third-order valence-electron chi connectivity index (χ3n) is 5.04. The van der Waals surface area contributed by atoms with E-state index in [1.165, 1.54) is 54.7 Å². The lowest BCUT2D eigenvalue weighted by molar-refractivity contribution is 0.100. The molecule has 0 aromatic heterocycles. The monoisotopic (exact) mass is 322 g/mol. The quantitative estimate of drug-likeness (QED) is 0.941. The van der Waals surface area contributed by atoms with Crippen molar-refractivity contribution in [2.45, 2.75) is 32.3 Å². The summed E-state index contributed by atoms with van der Waals surface area (Å²) in [4.78, 5) is 13.7. The first-order chi connectivity index (χ1) is 11.7. The van der Waals surface area contributed by atoms with Crippen LogP contribution in [0.3, 0.4) is 0 Å². The average Bonchev–Trinajstić information content (AvgIpc) is 2.62. The summed E-state index contributed by atoms with van der Waals surface area (Å²) in [6.07, 6.45) is 4.80. The fraction of sp³-hybridized carbons (Fsp3) is 0.350. The first kappa shape index (κ1) is 15.1. The number of hydrogen-bond acceptors (Lipinski definition) is 3. The number of nitrogens with zero attached hydrogens (tertiary/aromatic N) is 1.